The van der Waals surface area contributed by atoms with Crippen molar-refractivity contribution in [3.05, 3.63) is 0 Å². The molecule has 0 heterocycles. The van der Waals surface area contributed by atoms with Crippen LogP contribution in [0.5, 0.6) is 0 Å². The molecule has 0 unspecified atom stereocenters. The van der Waals surface area contributed by atoms with Gasteiger partial charge < -0.3 is 15.6 Å². The maximum absolute atomic E-state index is 9.75. The quantitative estimate of drug-likeness (QED) is 0.351. The van der Waals surface area contributed by atoms with E-state index in [0.717, 1.165) is 0 Å². The molecule has 0 aliphatic rings. The van der Waals surface area contributed by atoms with E-state index < -0.39 is 12.0 Å². The van der Waals surface area contributed by atoms with E-state index in [1.807, 2.05) is 0 Å². The smallest absolute Gasteiger partial charge is 0.548 e. The molecule has 0 fully saturated rings. The summed E-state index contributed by atoms with van der Waals surface area (Å²) in [4.78, 5) is 9.75. The van der Waals surface area contributed by atoms with Gasteiger partial charge in [-0.25, -0.2) is 0 Å². The van der Waals surface area contributed by atoms with Gasteiger partial charge in [0, 0.05) is 6.04 Å². The van der Waals surface area contributed by atoms with E-state index >= 15 is 0 Å². The summed E-state index contributed by atoms with van der Waals surface area (Å²) in [7, 11) is 0. The predicted octanol–water partition coefficient (Wildman–Crippen LogP) is -4.91. The summed E-state index contributed by atoms with van der Waals surface area (Å²) >= 11 is 0. The Morgan fingerprint density at radius 2 is 2.57 bits per heavy atom. The third-order valence-electron chi connectivity index (χ3n) is 0.341. The van der Waals surface area contributed by atoms with E-state index in [-0.39, 0.29) is 24.6 Å². The molecule has 0 spiro atoms. The maximum Gasteiger partial charge on any atom is 1.00 e. The summed E-state index contributed by atoms with van der Waals surface area (Å²) in [6.07, 6.45) is 0. The van der Waals surface area contributed by atoms with E-state index in [2.05, 4.69) is 0 Å². The van der Waals surface area contributed by atoms with Gasteiger partial charge in [0.2, 0.25) is 0 Å². The molecule has 0 bridgehead atoms. The fourth-order valence-corrected chi connectivity index (χ4v) is 0. The van der Waals surface area contributed by atoms with Crippen molar-refractivity contribution in [2.75, 3.05) is 0 Å². The fourth-order valence-electron chi connectivity index (χ4n) is 0. The molecule has 1 atom stereocenters. The Bertz CT molecular complexity index is 99.8. The number of carbonyl (C=O) groups is 1. The first-order valence-electron chi connectivity index (χ1n) is 2.43. The van der Waals surface area contributed by atoms with Crippen LogP contribution in [-0.2, 0) is 4.79 Å². The van der Waals surface area contributed by atoms with Gasteiger partial charge in [-0.1, -0.05) is 0 Å². The summed E-state index contributed by atoms with van der Waals surface area (Å²) in [5.41, 5.74) is 0.0787. The van der Waals surface area contributed by atoms with E-state index in [1.54, 1.807) is 0 Å². The van der Waals surface area contributed by atoms with Crippen LogP contribution in [0, 0.1) is 0 Å². The van der Waals surface area contributed by atoms with Gasteiger partial charge >= 0.3 is 18.9 Å². The van der Waals surface area contributed by atoms with Gasteiger partial charge in [0.15, 0.2) is 0 Å². The molecular weight excluding hydrogens is 89.0 g/mol. The zero-order valence-electron chi connectivity index (χ0n) is 6.34. The Morgan fingerprint density at radius 1 is 2.14 bits per heavy atom. The van der Waals surface area contributed by atoms with Crippen LogP contribution in [0.4, 0.5) is 0 Å². The molecule has 4 heteroatoms. The number of nitrogens with two attached hydrogens (primary N) is 1. The van der Waals surface area contributed by atoms with Crippen molar-refractivity contribution in [2.45, 2.75) is 13.0 Å². The summed E-state index contributed by atoms with van der Waals surface area (Å²) < 4.78 is 12.8. The number of rotatable bonds is 2. The average molecular weight is 97.0 g/mol. The Balaban J connectivity index is 0. The van der Waals surface area contributed by atoms with Gasteiger partial charge in [-0.15, -0.1) is 0 Å². The Labute approximate surface area is 57.0 Å². The van der Waals surface area contributed by atoms with Crippen molar-refractivity contribution in [1.82, 2.24) is 0 Å². The first kappa shape index (κ1) is 5.17. The van der Waals surface area contributed by atoms with Gasteiger partial charge in [-0.3, -0.25) is 0 Å². The molecule has 2 N–H and O–H groups in total. The molecule has 0 aliphatic heterocycles. The molecule has 7 heavy (non-hydrogen) atoms. The minimum Gasteiger partial charge on any atom is -0.548 e. The van der Waals surface area contributed by atoms with E-state index in [1.165, 1.54) is 6.92 Å². The zero-order chi connectivity index (χ0) is 6.73. The van der Waals surface area contributed by atoms with Crippen molar-refractivity contribution >= 4 is 5.97 Å². The third kappa shape index (κ3) is 6.03. The maximum atomic E-state index is 9.75. The summed E-state index contributed by atoms with van der Waals surface area (Å²) in [6.45, 7) is 1.20. The monoisotopic (exact) mass is 97.1 g/mol. The molecule has 36 valence electrons. The van der Waals surface area contributed by atoms with E-state index in [4.69, 9.17) is 2.82 Å². The second kappa shape index (κ2) is 4.19. The molecule has 0 aromatic rings. The van der Waals surface area contributed by atoms with Crippen LogP contribution in [0.25, 0.3) is 0 Å². The van der Waals surface area contributed by atoms with Gasteiger partial charge in [0.25, 0.3) is 0 Å². The van der Waals surface area contributed by atoms with Crippen molar-refractivity contribution in [1.29, 1.82) is 0 Å². The molecule has 0 radical (unpaired) electrons. The SMILES string of the molecule is [2H]N([2H])[C@H](C)C(=O)[O-].[Li+]. The van der Waals surface area contributed by atoms with Gasteiger partial charge in [-0.2, -0.15) is 0 Å². The largest absolute Gasteiger partial charge is 1.00 e. The zero-order valence-corrected chi connectivity index (χ0v) is 4.34. The molecule has 0 aromatic carbocycles. The molecular formula is C3H6LiNO2. The Hall–Kier alpha value is 0.0274. The standard InChI is InChI=1S/C3H7NO2.Li/c1-2(4)3(5)6;/h2H,4H2,1H3,(H,5,6);/q;+1/p-1/t2-;/m1./s1/i/hD2. The summed E-state index contributed by atoms with van der Waals surface area (Å²) in [6, 6.07) is -1.16. The second-order valence-corrected chi connectivity index (χ2v) is 0.995. The molecule has 0 rings (SSSR count). The first-order valence-corrected chi connectivity index (χ1v) is 1.53. The van der Waals surface area contributed by atoms with E-state index in [9.17, 15) is 9.90 Å². The molecule has 3 nitrogen and oxygen atoms in total. The second-order valence-electron chi connectivity index (χ2n) is 0.995. The number of aliphatic carboxylic acids is 1. The number of hydrogen-bond donors (Lipinski definition) is 1. The van der Waals surface area contributed by atoms with Crippen molar-refractivity contribution < 1.29 is 31.6 Å². The van der Waals surface area contributed by atoms with Crippen molar-refractivity contribution in [3.63, 3.8) is 0 Å². The average Bonchev–Trinajstić information content (AvgIpc) is 1.64. The molecule has 0 amide bonds. The van der Waals surface area contributed by atoms with Gasteiger partial charge in [0.1, 0.15) is 2.82 Å². The molecule has 0 saturated heterocycles. The van der Waals surface area contributed by atoms with E-state index in [0.29, 0.717) is 0 Å². The van der Waals surface area contributed by atoms with Gasteiger partial charge in [0.05, 0.1) is 5.97 Å². The van der Waals surface area contributed by atoms with Gasteiger partial charge in [-0.05, 0) is 6.92 Å². The predicted molar refractivity (Wildman–Crippen MR) is 18.7 cm³/mol. The number of hydrogen-bond acceptors (Lipinski definition) is 3. The summed E-state index contributed by atoms with van der Waals surface area (Å²) in [5, 5.41) is 9.75. The van der Waals surface area contributed by atoms with Crippen LogP contribution in [0.15, 0.2) is 0 Å². The third-order valence-corrected chi connectivity index (χ3v) is 0.341. The van der Waals surface area contributed by atoms with Crippen LogP contribution in [-0.4, -0.2) is 12.0 Å². The van der Waals surface area contributed by atoms with Crippen LogP contribution in [0.3, 0.4) is 0 Å². The Morgan fingerprint density at radius 3 is 2.57 bits per heavy atom. The van der Waals surface area contributed by atoms with Crippen LogP contribution in [0.2, 0.25) is 2.82 Å². The Kier molecular flexibility index (Phi) is 3.10. The summed E-state index contributed by atoms with van der Waals surface area (Å²) in [5.74, 6) is -1.41. The van der Waals surface area contributed by atoms with Crippen LogP contribution in [0.1, 0.15) is 6.92 Å². The normalized spacial score (nSPS) is 16.3. The van der Waals surface area contributed by atoms with Crippen LogP contribution >= 0.6 is 0 Å². The molecule has 0 aromatic heterocycles. The molecule has 0 saturated carbocycles. The minimum absolute atomic E-state index is 0. The van der Waals surface area contributed by atoms with Crippen molar-refractivity contribution in [2.24, 2.45) is 5.72 Å². The van der Waals surface area contributed by atoms with Crippen molar-refractivity contribution in [3.8, 4) is 0 Å². The number of carboxylic acids is 1. The number of carboxylic acid groups (broad SMARTS) is 1. The first-order chi connectivity index (χ1) is 3.55. The van der Waals surface area contributed by atoms with Crippen LogP contribution < -0.4 is 29.7 Å². The number of carbonyl (C=O) groups excluding carboxylic acids is 1. The molecule has 0 aliphatic carbocycles. The topological polar surface area (TPSA) is 66.2 Å². The minimum atomic E-state index is -1.41. The fraction of sp³-hybridized carbons (Fsp3) is 0.667.